The molecule has 144 valence electrons. The number of hydrogen-bond acceptors (Lipinski definition) is 4. The number of aromatic nitrogens is 1. The quantitative estimate of drug-likeness (QED) is 0.747. The van der Waals surface area contributed by atoms with Crippen molar-refractivity contribution in [2.24, 2.45) is 5.92 Å². The molecule has 3 rings (SSSR count). The summed E-state index contributed by atoms with van der Waals surface area (Å²) in [6, 6.07) is 11.2. The van der Waals surface area contributed by atoms with Crippen LogP contribution in [0.15, 0.2) is 42.6 Å². The molecule has 1 aliphatic heterocycles. The number of halogens is 1. The molecule has 0 saturated carbocycles. The van der Waals surface area contributed by atoms with Gasteiger partial charge in [-0.05, 0) is 56.0 Å². The van der Waals surface area contributed by atoms with E-state index in [0.29, 0.717) is 28.8 Å². The van der Waals surface area contributed by atoms with Gasteiger partial charge in [0.25, 0.3) is 5.91 Å². The normalized spacial score (nSPS) is 14.9. The average molecular weight is 388 g/mol. The largest absolute Gasteiger partial charge is 0.495 e. The van der Waals surface area contributed by atoms with Crippen LogP contribution in [0.2, 0.25) is 5.02 Å². The lowest BCUT2D eigenvalue weighted by atomic mass is 9.96. The summed E-state index contributed by atoms with van der Waals surface area (Å²) in [4.78, 5) is 21.6. The molecule has 0 unspecified atom stereocenters. The van der Waals surface area contributed by atoms with Gasteiger partial charge in [0.05, 0.1) is 12.1 Å². The topological polar surface area (TPSA) is 45.7 Å². The first-order valence-electron chi connectivity index (χ1n) is 9.41. The van der Waals surface area contributed by atoms with E-state index in [9.17, 15) is 4.79 Å². The molecule has 5 nitrogen and oxygen atoms in total. The highest BCUT2D eigenvalue weighted by Gasteiger charge is 2.24. The van der Waals surface area contributed by atoms with E-state index in [-0.39, 0.29) is 5.91 Å². The van der Waals surface area contributed by atoms with E-state index >= 15 is 0 Å². The number of rotatable bonds is 6. The Bertz CT molecular complexity index is 761. The van der Waals surface area contributed by atoms with Gasteiger partial charge >= 0.3 is 0 Å². The van der Waals surface area contributed by atoms with Crippen LogP contribution in [0.1, 0.15) is 30.1 Å². The van der Waals surface area contributed by atoms with Crippen molar-refractivity contribution in [1.82, 2.24) is 9.88 Å². The minimum Gasteiger partial charge on any atom is -0.495 e. The van der Waals surface area contributed by atoms with Crippen LogP contribution in [0, 0.1) is 5.92 Å². The Labute approximate surface area is 165 Å². The van der Waals surface area contributed by atoms with Gasteiger partial charge in [0.2, 0.25) is 0 Å². The first-order chi connectivity index (χ1) is 13.1. The van der Waals surface area contributed by atoms with E-state index in [1.165, 1.54) is 0 Å². The van der Waals surface area contributed by atoms with Crippen molar-refractivity contribution >= 4 is 23.3 Å². The zero-order chi connectivity index (χ0) is 19.2. The number of pyridine rings is 1. The van der Waals surface area contributed by atoms with E-state index in [2.05, 4.69) is 16.0 Å². The summed E-state index contributed by atoms with van der Waals surface area (Å²) in [6.07, 6.45) is 3.95. The fourth-order valence-corrected chi connectivity index (χ4v) is 3.79. The Morgan fingerprint density at radius 3 is 2.67 bits per heavy atom. The molecule has 0 atom stereocenters. The minimum atomic E-state index is 0.0224. The van der Waals surface area contributed by atoms with Crippen LogP contribution in [0.5, 0.6) is 5.75 Å². The maximum absolute atomic E-state index is 12.9. The fraction of sp³-hybridized carbons (Fsp3) is 0.429. The summed E-state index contributed by atoms with van der Waals surface area (Å²) in [5.41, 5.74) is 0.605. The number of piperidine rings is 1. The van der Waals surface area contributed by atoms with Crippen LogP contribution in [0.4, 0.5) is 5.82 Å². The summed E-state index contributed by atoms with van der Waals surface area (Å²) in [5, 5.41) is 0.461. The minimum absolute atomic E-state index is 0.0224. The molecule has 2 aromatic rings. The van der Waals surface area contributed by atoms with Crippen molar-refractivity contribution in [3.63, 3.8) is 0 Å². The molecule has 6 heteroatoms. The second-order valence-electron chi connectivity index (χ2n) is 6.81. The second kappa shape index (κ2) is 9.09. The maximum Gasteiger partial charge on any atom is 0.253 e. The summed E-state index contributed by atoms with van der Waals surface area (Å²) < 4.78 is 5.17. The Kier molecular flexibility index (Phi) is 6.56. The Hall–Kier alpha value is -2.27. The molecule has 0 N–H and O–H groups in total. The lowest BCUT2D eigenvalue weighted by Gasteiger charge is -2.35. The first kappa shape index (κ1) is 19.5. The predicted octanol–water partition coefficient (Wildman–Crippen LogP) is 4.12. The third-order valence-electron chi connectivity index (χ3n) is 5.13. The van der Waals surface area contributed by atoms with E-state index < -0.39 is 0 Å². The number of carbonyl (C=O) groups excluding carboxylic acids is 1. The Balaban J connectivity index is 1.59. The molecule has 0 spiro atoms. The summed E-state index contributed by atoms with van der Waals surface area (Å²) in [6.45, 7) is 5.42. The van der Waals surface area contributed by atoms with E-state index in [1.54, 1.807) is 25.3 Å². The Morgan fingerprint density at radius 2 is 2.07 bits per heavy atom. The van der Waals surface area contributed by atoms with Crippen molar-refractivity contribution in [2.45, 2.75) is 19.8 Å². The van der Waals surface area contributed by atoms with Gasteiger partial charge in [0, 0.05) is 37.9 Å². The summed E-state index contributed by atoms with van der Waals surface area (Å²) in [7, 11) is 1.57. The van der Waals surface area contributed by atoms with Gasteiger partial charge in [-0.1, -0.05) is 17.7 Å². The number of ether oxygens (including phenoxy) is 1. The molecule has 1 aromatic heterocycles. The molecule has 0 radical (unpaired) electrons. The summed E-state index contributed by atoms with van der Waals surface area (Å²) >= 11 is 6.18. The number of carbonyl (C=O) groups is 1. The highest BCUT2D eigenvalue weighted by atomic mass is 35.5. The van der Waals surface area contributed by atoms with Gasteiger partial charge in [-0.3, -0.25) is 4.79 Å². The zero-order valence-electron chi connectivity index (χ0n) is 15.9. The van der Waals surface area contributed by atoms with Crippen LogP contribution >= 0.6 is 11.6 Å². The van der Waals surface area contributed by atoms with Gasteiger partial charge in [-0.2, -0.15) is 0 Å². The lowest BCUT2D eigenvalue weighted by molar-refractivity contribution is 0.0729. The molecule has 0 bridgehead atoms. The number of hydrogen-bond donors (Lipinski definition) is 0. The zero-order valence-corrected chi connectivity index (χ0v) is 16.7. The monoisotopic (exact) mass is 387 g/mol. The molecule has 1 saturated heterocycles. The summed E-state index contributed by atoms with van der Waals surface area (Å²) in [5.74, 6) is 2.14. The van der Waals surface area contributed by atoms with Gasteiger partial charge in [-0.15, -0.1) is 0 Å². The lowest BCUT2D eigenvalue weighted by Crippen LogP contribution is -2.41. The van der Waals surface area contributed by atoms with Crippen molar-refractivity contribution in [3.8, 4) is 5.75 Å². The molecule has 1 fully saturated rings. The highest BCUT2D eigenvalue weighted by molar-refractivity contribution is 6.32. The first-order valence-corrected chi connectivity index (χ1v) is 9.79. The van der Waals surface area contributed by atoms with E-state index in [4.69, 9.17) is 16.3 Å². The standard InChI is InChI=1S/C21H26ClN3O2/c1-3-24(21(26)17-7-8-19(27-2)18(22)14-17)15-16-9-12-25(13-10-16)20-6-4-5-11-23-20/h4-8,11,14,16H,3,9-10,12-13,15H2,1-2H3. The predicted molar refractivity (Wildman–Crippen MR) is 109 cm³/mol. The third kappa shape index (κ3) is 4.72. The van der Waals surface area contributed by atoms with Crippen molar-refractivity contribution < 1.29 is 9.53 Å². The number of nitrogens with zero attached hydrogens (tertiary/aromatic N) is 3. The van der Waals surface area contributed by atoms with Gasteiger partial charge < -0.3 is 14.5 Å². The number of methoxy groups -OCH3 is 1. The number of anilines is 1. The molecule has 2 heterocycles. The second-order valence-corrected chi connectivity index (χ2v) is 7.22. The van der Waals surface area contributed by atoms with Gasteiger partial charge in [0.15, 0.2) is 0 Å². The SMILES string of the molecule is CCN(CC1CCN(c2ccccn2)CC1)C(=O)c1ccc(OC)c(Cl)c1. The highest BCUT2D eigenvalue weighted by Crippen LogP contribution is 2.27. The molecule has 1 aliphatic rings. The molecule has 27 heavy (non-hydrogen) atoms. The fourth-order valence-electron chi connectivity index (χ4n) is 3.53. The average Bonchev–Trinajstić information content (AvgIpc) is 2.72. The van der Waals surface area contributed by atoms with Crippen molar-refractivity contribution in [2.75, 3.05) is 38.2 Å². The third-order valence-corrected chi connectivity index (χ3v) is 5.43. The van der Waals surface area contributed by atoms with Gasteiger partial charge in [0.1, 0.15) is 11.6 Å². The van der Waals surface area contributed by atoms with Crippen molar-refractivity contribution in [3.05, 3.63) is 53.2 Å². The van der Waals surface area contributed by atoms with Crippen LogP contribution in [-0.4, -0.2) is 49.1 Å². The molecular weight excluding hydrogens is 362 g/mol. The van der Waals surface area contributed by atoms with Crippen LogP contribution in [-0.2, 0) is 0 Å². The van der Waals surface area contributed by atoms with Gasteiger partial charge in [-0.25, -0.2) is 4.98 Å². The van der Waals surface area contributed by atoms with E-state index in [1.807, 2.05) is 30.2 Å². The Morgan fingerprint density at radius 1 is 1.30 bits per heavy atom. The number of amides is 1. The van der Waals surface area contributed by atoms with Crippen molar-refractivity contribution in [1.29, 1.82) is 0 Å². The maximum atomic E-state index is 12.9. The van der Waals surface area contributed by atoms with Crippen LogP contribution < -0.4 is 9.64 Å². The van der Waals surface area contributed by atoms with Crippen LogP contribution in [0.25, 0.3) is 0 Å². The molecule has 0 aliphatic carbocycles. The number of benzene rings is 1. The molecule has 1 amide bonds. The molecule has 1 aromatic carbocycles. The van der Waals surface area contributed by atoms with E-state index in [0.717, 1.165) is 38.3 Å². The van der Waals surface area contributed by atoms with Crippen LogP contribution in [0.3, 0.4) is 0 Å². The smallest absolute Gasteiger partial charge is 0.253 e. The molecular formula is C21H26ClN3O2.